The number of thiocarbonyl (C=S) groups is 1. The van der Waals surface area contributed by atoms with Gasteiger partial charge in [0, 0.05) is 23.5 Å². The number of nitrogens with zero attached hydrogens (tertiary/aromatic N) is 1. The van der Waals surface area contributed by atoms with E-state index < -0.39 is 0 Å². The average Bonchev–Trinajstić information content (AvgIpc) is 3.21. The number of ether oxygens (including phenoxy) is 1. The molecule has 0 spiro atoms. The Balaban J connectivity index is 1.60. The molecule has 1 aromatic heterocycles. The number of anilines is 1. The van der Waals surface area contributed by atoms with Gasteiger partial charge in [-0.2, -0.15) is 0 Å². The molecule has 0 unspecified atom stereocenters. The molecule has 1 saturated heterocycles. The van der Waals surface area contributed by atoms with Gasteiger partial charge in [0.1, 0.15) is 13.1 Å². The fourth-order valence-electron chi connectivity index (χ4n) is 3.42. The maximum absolute atomic E-state index is 5.80. The van der Waals surface area contributed by atoms with Crippen LogP contribution in [0.25, 0.3) is 0 Å². The third-order valence-corrected chi connectivity index (χ3v) is 6.23. The number of hydrogen-bond donors (Lipinski definition) is 2. The van der Waals surface area contributed by atoms with Crippen LogP contribution in [0.1, 0.15) is 23.8 Å². The molecule has 1 aromatic carbocycles. The molecular formula is C21H30N3OS2+. The third-order valence-electron chi connectivity index (χ3n) is 5.01. The Hall–Kier alpha value is -1.47. The Morgan fingerprint density at radius 3 is 2.78 bits per heavy atom. The van der Waals surface area contributed by atoms with E-state index in [1.54, 1.807) is 16.2 Å². The van der Waals surface area contributed by atoms with E-state index in [1.807, 2.05) is 0 Å². The van der Waals surface area contributed by atoms with Crippen molar-refractivity contribution in [2.45, 2.75) is 26.3 Å². The number of nitrogens with one attached hydrogen (secondary N) is 2. The summed E-state index contributed by atoms with van der Waals surface area (Å²) in [6.45, 7) is 9.23. The fraction of sp³-hybridized carbons (Fsp3) is 0.476. The van der Waals surface area contributed by atoms with Gasteiger partial charge in [0.15, 0.2) is 5.11 Å². The van der Waals surface area contributed by atoms with Crippen molar-refractivity contribution in [3.8, 4) is 0 Å². The summed E-state index contributed by atoms with van der Waals surface area (Å²) in [6, 6.07) is 12.7. The zero-order valence-corrected chi connectivity index (χ0v) is 17.7. The number of morpholine rings is 1. The van der Waals surface area contributed by atoms with Crippen molar-refractivity contribution < 1.29 is 9.64 Å². The highest BCUT2D eigenvalue weighted by Gasteiger charge is 2.16. The van der Waals surface area contributed by atoms with Crippen LogP contribution in [0.4, 0.5) is 5.69 Å². The lowest BCUT2D eigenvalue weighted by Gasteiger charge is -2.28. The molecule has 146 valence electrons. The summed E-state index contributed by atoms with van der Waals surface area (Å²) in [5.74, 6) is 0. The van der Waals surface area contributed by atoms with E-state index in [0.29, 0.717) is 0 Å². The van der Waals surface area contributed by atoms with Gasteiger partial charge in [-0.15, -0.1) is 11.3 Å². The molecule has 1 aliphatic rings. The topological polar surface area (TPSA) is 28.9 Å². The van der Waals surface area contributed by atoms with Crippen LogP contribution in [0, 0.1) is 0 Å². The van der Waals surface area contributed by atoms with Gasteiger partial charge >= 0.3 is 0 Å². The maximum Gasteiger partial charge on any atom is 0.173 e. The molecule has 2 N–H and O–H groups in total. The molecule has 1 fully saturated rings. The van der Waals surface area contributed by atoms with Gasteiger partial charge in [-0.3, -0.25) is 0 Å². The van der Waals surface area contributed by atoms with Gasteiger partial charge in [0.05, 0.1) is 26.3 Å². The highest BCUT2D eigenvalue weighted by atomic mass is 32.1. The SMILES string of the molecule is CCc1ccccc1NC(=S)N(CCC[NH+]1CCOCC1)Cc1cccs1. The molecule has 0 atom stereocenters. The van der Waals surface area contributed by atoms with Gasteiger partial charge in [0.25, 0.3) is 0 Å². The number of aryl methyl sites for hydroxylation is 1. The van der Waals surface area contributed by atoms with Crippen molar-refractivity contribution in [1.82, 2.24) is 4.90 Å². The van der Waals surface area contributed by atoms with Gasteiger partial charge in [0.2, 0.25) is 0 Å². The van der Waals surface area contributed by atoms with Crippen molar-refractivity contribution in [3.63, 3.8) is 0 Å². The van der Waals surface area contributed by atoms with Crippen LogP contribution in [0.2, 0.25) is 0 Å². The molecule has 2 heterocycles. The normalized spacial score (nSPS) is 14.9. The Morgan fingerprint density at radius 1 is 1.22 bits per heavy atom. The fourth-order valence-corrected chi connectivity index (χ4v) is 4.40. The Morgan fingerprint density at radius 2 is 2.04 bits per heavy atom. The maximum atomic E-state index is 5.80. The second kappa shape index (κ2) is 10.8. The summed E-state index contributed by atoms with van der Waals surface area (Å²) in [5.41, 5.74) is 2.42. The van der Waals surface area contributed by atoms with Crippen molar-refractivity contribution in [2.75, 3.05) is 44.7 Å². The summed E-state index contributed by atoms with van der Waals surface area (Å²) >= 11 is 7.59. The second-order valence-electron chi connectivity index (χ2n) is 6.91. The van der Waals surface area contributed by atoms with Crippen LogP contribution >= 0.6 is 23.6 Å². The highest BCUT2D eigenvalue weighted by Crippen LogP contribution is 2.18. The van der Waals surface area contributed by atoms with E-state index in [0.717, 1.165) is 63.0 Å². The number of para-hydroxylation sites is 1. The molecule has 0 aliphatic carbocycles. The van der Waals surface area contributed by atoms with Gasteiger partial charge in [-0.25, -0.2) is 0 Å². The largest absolute Gasteiger partial charge is 0.370 e. The van der Waals surface area contributed by atoms with Crippen LogP contribution in [-0.2, 0) is 17.7 Å². The van der Waals surface area contributed by atoms with E-state index in [2.05, 4.69) is 58.9 Å². The molecule has 3 rings (SSSR count). The predicted octanol–water partition coefficient (Wildman–Crippen LogP) is 2.81. The lowest BCUT2D eigenvalue weighted by atomic mass is 10.1. The molecule has 2 aromatic rings. The number of benzene rings is 1. The van der Waals surface area contributed by atoms with Crippen molar-refractivity contribution in [2.24, 2.45) is 0 Å². The Kier molecular flexibility index (Phi) is 8.08. The van der Waals surface area contributed by atoms with Crippen LogP contribution < -0.4 is 10.2 Å². The Labute approximate surface area is 172 Å². The van der Waals surface area contributed by atoms with Crippen LogP contribution in [-0.4, -0.2) is 49.4 Å². The first kappa shape index (κ1) is 20.3. The first-order chi connectivity index (χ1) is 13.3. The standard InChI is InChI=1S/C21H29N3OS2/c1-2-18-7-3-4-9-20(18)22-21(26)24(17-19-8-5-16-27-19)11-6-10-23-12-14-25-15-13-23/h3-5,7-9,16H,2,6,10-15,17H2,1H3,(H,22,26)/p+1. The summed E-state index contributed by atoms with van der Waals surface area (Å²) in [7, 11) is 0. The van der Waals surface area contributed by atoms with E-state index >= 15 is 0 Å². The smallest absolute Gasteiger partial charge is 0.173 e. The number of thiophene rings is 1. The van der Waals surface area contributed by atoms with E-state index in [9.17, 15) is 0 Å². The number of hydrogen-bond acceptors (Lipinski definition) is 3. The monoisotopic (exact) mass is 404 g/mol. The lowest BCUT2D eigenvalue weighted by Crippen LogP contribution is -3.14. The Bertz CT molecular complexity index is 699. The van der Waals surface area contributed by atoms with Gasteiger partial charge in [-0.1, -0.05) is 31.2 Å². The number of rotatable bonds is 8. The summed E-state index contributed by atoms with van der Waals surface area (Å²) in [6.07, 6.45) is 2.13. The van der Waals surface area contributed by atoms with Gasteiger partial charge in [-0.05, 0) is 41.7 Å². The van der Waals surface area contributed by atoms with E-state index in [-0.39, 0.29) is 0 Å². The molecule has 1 aliphatic heterocycles. The first-order valence-electron chi connectivity index (χ1n) is 9.83. The zero-order chi connectivity index (χ0) is 18.9. The first-order valence-corrected chi connectivity index (χ1v) is 11.1. The van der Waals surface area contributed by atoms with Gasteiger partial charge < -0.3 is 19.9 Å². The third kappa shape index (κ3) is 6.28. The second-order valence-corrected chi connectivity index (χ2v) is 8.33. The van der Waals surface area contributed by atoms with Crippen molar-refractivity contribution in [1.29, 1.82) is 0 Å². The minimum absolute atomic E-state index is 0.821. The lowest BCUT2D eigenvalue weighted by molar-refractivity contribution is -0.908. The summed E-state index contributed by atoms with van der Waals surface area (Å²) < 4.78 is 5.46. The highest BCUT2D eigenvalue weighted by molar-refractivity contribution is 7.80. The zero-order valence-electron chi connectivity index (χ0n) is 16.1. The summed E-state index contributed by atoms with van der Waals surface area (Å²) in [5, 5.41) is 6.45. The molecule has 0 amide bonds. The molecule has 4 nitrogen and oxygen atoms in total. The molecule has 0 radical (unpaired) electrons. The van der Waals surface area contributed by atoms with Crippen molar-refractivity contribution in [3.05, 3.63) is 52.2 Å². The molecular weight excluding hydrogens is 374 g/mol. The molecule has 27 heavy (non-hydrogen) atoms. The minimum Gasteiger partial charge on any atom is -0.370 e. The number of quaternary nitrogens is 1. The van der Waals surface area contributed by atoms with E-state index in [4.69, 9.17) is 17.0 Å². The van der Waals surface area contributed by atoms with E-state index in [1.165, 1.54) is 17.0 Å². The molecule has 6 heteroatoms. The quantitative estimate of drug-likeness (QED) is 0.662. The van der Waals surface area contributed by atoms with Crippen molar-refractivity contribution >= 4 is 34.4 Å². The summed E-state index contributed by atoms with van der Waals surface area (Å²) in [4.78, 5) is 5.31. The van der Waals surface area contributed by atoms with Crippen LogP contribution in [0.5, 0.6) is 0 Å². The average molecular weight is 405 g/mol. The molecule has 0 saturated carbocycles. The molecule has 0 bridgehead atoms. The minimum atomic E-state index is 0.821. The predicted molar refractivity (Wildman–Crippen MR) is 118 cm³/mol. The van der Waals surface area contributed by atoms with Crippen LogP contribution in [0.3, 0.4) is 0 Å². The van der Waals surface area contributed by atoms with Crippen LogP contribution in [0.15, 0.2) is 41.8 Å².